The average Bonchev–Trinajstić information content (AvgIpc) is 2.70. The molecule has 1 atom stereocenters. The SMILES string of the molecule is CC1CCCCCN1c1nc2ccccc2cc1CO. The number of hydrogen-bond acceptors (Lipinski definition) is 3. The van der Waals surface area contributed by atoms with Crippen molar-refractivity contribution < 1.29 is 5.11 Å². The van der Waals surface area contributed by atoms with Gasteiger partial charge in [0.2, 0.25) is 0 Å². The van der Waals surface area contributed by atoms with E-state index in [2.05, 4.69) is 24.0 Å². The minimum Gasteiger partial charge on any atom is -0.392 e. The number of para-hydroxylation sites is 1. The van der Waals surface area contributed by atoms with E-state index < -0.39 is 0 Å². The van der Waals surface area contributed by atoms with Gasteiger partial charge < -0.3 is 10.0 Å². The van der Waals surface area contributed by atoms with Crippen molar-refractivity contribution >= 4 is 16.7 Å². The van der Waals surface area contributed by atoms with Gasteiger partial charge in [-0.25, -0.2) is 4.98 Å². The van der Waals surface area contributed by atoms with Gasteiger partial charge in [-0.2, -0.15) is 0 Å². The van der Waals surface area contributed by atoms with Gasteiger partial charge in [-0.3, -0.25) is 0 Å². The normalized spacial score (nSPS) is 20.1. The zero-order valence-electron chi connectivity index (χ0n) is 12.0. The van der Waals surface area contributed by atoms with Gasteiger partial charge in [0.05, 0.1) is 12.1 Å². The molecular formula is C17H22N2O. The fourth-order valence-corrected chi connectivity index (χ4v) is 3.10. The Kier molecular flexibility index (Phi) is 3.88. The van der Waals surface area contributed by atoms with Gasteiger partial charge in [0.1, 0.15) is 5.82 Å². The maximum Gasteiger partial charge on any atom is 0.135 e. The van der Waals surface area contributed by atoms with E-state index in [1.807, 2.05) is 18.2 Å². The average molecular weight is 270 g/mol. The molecule has 3 nitrogen and oxygen atoms in total. The standard InChI is InChI=1S/C17H22N2O/c1-13-7-3-2-6-10-19(13)17-15(12-20)11-14-8-4-5-9-16(14)18-17/h4-5,8-9,11,13,20H,2-3,6-7,10,12H2,1H3. The highest BCUT2D eigenvalue weighted by atomic mass is 16.3. The third kappa shape index (κ3) is 2.50. The molecule has 0 radical (unpaired) electrons. The van der Waals surface area contributed by atoms with Gasteiger partial charge in [0.25, 0.3) is 0 Å². The number of nitrogens with zero attached hydrogens (tertiary/aromatic N) is 2. The maximum atomic E-state index is 9.70. The second-order valence-corrected chi connectivity index (χ2v) is 5.71. The quantitative estimate of drug-likeness (QED) is 0.907. The van der Waals surface area contributed by atoms with Gasteiger partial charge >= 0.3 is 0 Å². The molecule has 3 heteroatoms. The molecule has 0 bridgehead atoms. The van der Waals surface area contributed by atoms with E-state index in [-0.39, 0.29) is 6.61 Å². The summed E-state index contributed by atoms with van der Waals surface area (Å²) < 4.78 is 0. The molecule has 1 aliphatic heterocycles. The van der Waals surface area contributed by atoms with E-state index in [1.54, 1.807) is 0 Å². The number of anilines is 1. The van der Waals surface area contributed by atoms with Gasteiger partial charge in [-0.15, -0.1) is 0 Å². The molecule has 20 heavy (non-hydrogen) atoms. The number of aliphatic hydroxyl groups is 1. The molecule has 106 valence electrons. The first kappa shape index (κ1) is 13.4. The smallest absolute Gasteiger partial charge is 0.135 e. The van der Waals surface area contributed by atoms with Crippen LogP contribution in [0.15, 0.2) is 30.3 Å². The summed E-state index contributed by atoms with van der Waals surface area (Å²) >= 11 is 0. The van der Waals surface area contributed by atoms with Crippen molar-refractivity contribution in [2.45, 2.75) is 45.3 Å². The molecule has 0 saturated carbocycles. The molecule has 2 aromatic rings. The first-order valence-electron chi connectivity index (χ1n) is 7.56. The topological polar surface area (TPSA) is 36.4 Å². The van der Waals surface area contributed by atoms with Crippen LogP contribution in [0.2, 0.25) is 0 Å². The third-order valence-electron chi connectivity index (χ3n) is 4.28. The number of aliphatic hydroxyl groups excluding tert-OH is 1. The largest absolute Gasteiger partial charge is 0.392 e. The van der Waals surface area contributed by atoms with Crippen LogP contribution in [0.3, 0.4) is 0 Å². The predicted octanol–water partition coefficient (Wildman–Crippen LogP) is 3.50. The Morgan fingerprint density at radius 1 is 1.25 bits per heavy atom. The Balaban J connectivity index is 2.08. The minimum atomic E-state index is 0.0520. The fraction of sp³-hybridized carbons (Fsp3) is 0.471. The van der Waals surface area contributed by atoms with Crippen LogP contribution in [0.1, 0.15) is 38.2 Å². The molecule has 1 fully saturated rings. The van der Waals surface area contributed by atoms with Gasteiger partial charge in [0.15, 0.2) is 0 Å². The van der Waals surface area contributed by atoms with Crippen LogP contribution in [0, 0.1) is 0 Å². The van der Waals surface area contributed by atoms with E-state index in [1.165, 1.54) is 25.7 Å². The summed E-state index contributed by atoms with van der Waals surface area (Å²) in [6, 6.07) is 10.7. The molecular weight excluding hydrogens is 248 g/mol. The van der Waals surface area contributed by atoms with Crippen LogP contribution < -0.4 is 4.90 Å². The first-order valence-corrected chi connectivity index (χ1v) is 7.56. The molecule has 2 heterocycles. The molecule has 1 aromatic carbocycles. The lowest BCUT2D eigenvalue weighted by Gasteiger charge is -2.30. The Bertz CT molecular complexity index is 597. The zero-order valence-corrected chi connectivity index (χ0v) is 12.0. The van der Waals surface area contributed by atoms with Crippen molar-refractivity contribution in [2.75, 3.05) is 11.4 Å². The van der Waals surface area contributed by atoms with Crippen molar-refractivity contribution in [3.63, 3.8) is 0 Å². The van der Waals surface area contributed by atoms with E-state index in [4.69, 9.17) is 4.98 Å². The highest BCUT2D eigenvalue weighted by molar-refractivity contribution is 5.81. The summed E-state index contributed by atoms with van der Waals surface area (Å²) in [5, 5.41) is 10.8. The maximum absolute atomic E-state index is 9.70. The number of hydrogen-bond donors (Lipinski definition) is 1. The molecule has 1 N–H and O–H groups in total. The van der Waals surface area contributed by atoms with Crippen molar-refractivity contribution in [3.8, 4) is 0 Å². The first-order chi connectivity index (χ1) is 9.79. The van der Waals surface area contributed by atoms with Crippen LogP contribution in [0.5, 0.6) is 0 Å². The van der Waals surface area contributed by atoms with Gasteiger partial charge in [-0.05, 0) is 31.9 Å². The Hall–Kier alpha value is -1.61. The zero-order chi connectivity index (χ0) is 13.9. The summed E-state index contributed by atoms with van der Waals surface area (Å²) in [5.41, 5.74) is 1.95. The lowest BCUT2D eigenvalue weighted by atomic mass is 10.1. The fourth-order valence-electron chi connectivity index (χ4n) is 3.10. The summed E-state index contributed by atoms with van der Waals surface area (Å²) in [6.07, 6.45) is 5.01. The van der Waals surface area contributed by atoms with Crippen LogP contribution >= 0.6 is 0 Å². The molecule has 3 rings (SSSR count). The number of fused-ring (bicyclic) bond motifs is 1. The number of benzene rings is 1. The summed E-state index contributed by atoms with van der Waals surface area (Å²) in [6.45, 7) is 3.36. The molecule has 1 saturated heterocycles. The minimum absolute atomic E-state index is 0.0520. The molecule has 1 aromatic heterocycles. The van der Waals surface area contributed by atoms with Gasteiger partial charge in [-0.1, -0.05) is 31.0 Å². The second kappa shape index (κ2) is 5.80. The van der Waals surface area contributed by atoms with Crippen LogP contribution in [-0.4, -0.2) is 22.7 Å². The summed E-state index contributed by atoms with van der Waals surface area (Å²) in [4.78, 5) is 7.21. The molecule has 0 amide bonds. The molecule has 0 aliphatic carbocycles. The highest BCUT2D eigenvalue weighted by Gasteiger charge is 2.21. The third-order valence-corrected chi connectivity index (χ3v) is 4.28. The van der Waals surface area contributed by atoms with E-state index >= 15 is 0 Å². The van der Waals surface area contributed by atoms with Crippen molar-refractivity contribution in [1.82, 2.24) is 4.98 Å². The Morgan fingerprint density at radius 3 is 2.95 bits per heavy atom. The summed E-state index contributed by atoms with van der Waals surface area (Å²) in [7, 11) is 0. The van der Waals surface area contributed by atoms with Gasteiger partial charge in [0, 0.05) is 23.5 Å². The monoisotopic (exact) mass is 270 g/mol. The molecule has 0 spiro atoms. The number of pyridine rings is 1. The van der Waals surface area contributed by atoms with E-state index in [9.17, 15) is 5.11 Å². The lowest BCUT2D eigenvalue weighted by Crippen LogP contribution is -2.34. The second-order valence-electron chi connectivity index (χ2n) is 5.71. The van der Waals surface area contributed by atoms with Crippen LogP contribution in [0.25, 0.3) is 10.9 Å². The molecule has 1 unspecified atom stereocenters. The number of rotatable bonds is 2. The molecule has 1 aliphatic rings. The van der Waals surface area contributed by atoms with Crippen molar-refractivity contribution in [1.29, 1.82) is 0 Å². The Labute approximate surface area is 120 Å². The van der Waals surface area contributed by atoms with Crippen LogP contribution in [-0.2, 0) is 6.61 Å². The van der Waals surface area contributed by atoms with Crippen molar-refractivity contribution in [2.24, 2.45) is 0 Å². The van der Waals surface area contributed by atoms with Crippen molar-refractivity contribution in [3.05, 3.63) is 35.9 Å². The summed E-state index contributed by atoms with van der Waals surface area (Å²) in [5.74, 6) is 0.973. The van der Waals surface area contributed by atoms with E-state index in [0.717, 1.165) is 28.8 Å². The predicted molar refractivity (Wildman–Crippen MR) is 82.9 cm³/mol. The highest BCUT2D eigenvalue weighted by Crippen LogP contribution is 2.28. The number of aromatic nitrogens is 1. The van der Waals surface area contributed by atoms with Crippen LogP contribution in [0.4, 0.5) is 5.82 Å². The Morgan fingerprint density at radius 2 is 2.10 bits per heavy atom. The lowest BCUT2D eigenvalue weighted by molar-refractivity contribution is 0.281. The van der Waals surface area contributed by atoms with E-state index in [0.29, 0.717) is 6.04 Å².